The highest BCUT2D eigenvalue weighted by atomic mass is 35.5. The number of anilines is 1. The van der Waals surface area contributed by atoms with Crippen LogP contribution in [0.4, 0.5) is 5.69 Å². The smallest absolute Gasteiger partial charge is 0.262 e. The SMILES string of the molecule is Cc1ccc(-c2oc3ccc(Cl)cc3c(=O)c2OCC(=O)Nc2cc(Cl)ccc2Cl)cc1. The van der Waals surface area contributed by atoms with Crippen LogP contribution < -0.4 is 15.5 Å². The van der Waals surface area contributed by atoms with Gasteiger partial charge in [0.2, 0.25) is 11.2 Å². The van der Waals surface area contributed by atoms with Gasteiger partial charge in [0.05, 0.1) is 16.1 Å². The van der Waals surface area contributed by atoms with Gasteiger partial charge < -0.3 is 14.5 Å². The molecule has 0 aliphatic heterocycles. The molecule has 0 aliphatic rings. The van der Waals surface area contributed by atoms with Gasteiger partial charge in [0.25, 0.3) is 5.91 Å². The maximum Gasteiger partial charge on any atom is 0.262 e. The zero-order valence-corrected chi connectivity index (χ0v) is 19.0. The monoisotopic (exact) mass is 487 g/mol. The molecule has 8 heteroatoms. The Kier molecular flexibility index (Phi) is 6.42. The summed E-state index contributed by atoms with van der Waals surface area (Å²) in [5.74, 6) is -0.385. The molecule has 4 rings (SSSR count). The molecular formula is C24H16Cl3NO4. The van der Waals surface area contributed by atoms with Crippen molar-refractivity contribution in [1.82, 2.24) is 0 Å². The maximum absolute atomic E-state index is 13.2. The summed E-state index contributed by atoms with van der Waals surface area (Å²) >= 11 is 18.1. The maximum atomic E-state index is 13.2. The zero-order chi connectivity index (χ0) is 22.8. The van der Waals surface area contributed by atoms with Crippen molar-refractivity contribution in [2.75, 3.05) is 11.9 Å². The molecule has 162 valence electrons. The first-order valence-corrected chi connectivity index (χ1v) is 10.7. The van der Waals surface area contributed by atoms with E-state index in [1.165, 1.54) is 12.1 Å². The van der Waals surface area contributed by atoms with Crippen molar-refractivity contribution in [2.45, 2.75) is 6.92 Å². The van der Waals surface area contributed by atoms with Crippen LogP contribution in [-0.2, 0) is 4.79 Å². The molecular weight excluding hydrogens is 473 g/mol. The molecule has 1 heterocycles. The molecule has 3 aromatic carbocycles. The molecule has 1 amide bonds. The molecule has 0 radical (unpaired) electrons. The molecule has 1 N–H and O–H groups in total. The quantitative estimate of drug-likeness (QED) is 0.337. The minimum Gasteiger partial charge on any atom is -0.476 e. The van der Waals surface area contributed by atoms with E-state index in [2.05, 4.69) is 5.32 Å². The second-order valence-corrected chi connectivity index (χ2v) is 8.34. The average Bonchev–Trinajstić information content (AvgIpc) is 2.76. The summed E-state index contributed by atoms with van der Waals surface area (Å²) in [6.07, 6.45) is 0. The summed E-state index contributed by atoms with van der Waals surface area (Å²) in [6.45, 7) is 1.50. The largest absolute Gasteiger partial charge is 0.476 e. The van der Waals surface area contributed by atoms with Crippen LogP contribution in [0.1, 0.15) is 5.56 Å². The van der Waals surface area contributed by atoms with Gasteiger partial charge in [-0.25, -0.2) is 0 Å². The van der Waals surface area contributed by atoms with Gasteiger partial charge in [0.15, 0.2) is 12.4 Å². The standard InChI is InChI=1S/C24H16Cl3NO4/c1-13-2-4-14(5-3-13)23-24(22(30)17-10-15(25)7-9-20(17)32-23)31-12-21(29)28-19-11-16(26)6-8-18(19)27/h2-11H,12H2,1H3,(H,28,29). The Hall–Kier alpha value is -2.99. The summed E-state index contributed by atoms with van der Waals surface area (Å²) in [4.78, 5) is 25.7. The van der Waals surface area contributed by atoms with E-state index in [-0.39, 0.29) is 16.9 Å². The lowest BCUT2D eigenvalue weighted by Crippen LogP contribution is -2.22. The normalized spacial score (nSPS) is 10.9. The number of nitrogens with one attached hydrogen (secondary N) is 1. The molecule has 0 saturated heterocycles. The van der Waals surface area contributed by atoms with Gasteiger partial charge in [0.1, 0.15) is 5.58 Å². The Labute approximate surface area is 198 Å². The molecule has 1 aromatic heterocycles. The first-order chi connectivity index (χ1) is 15.3. The Morgan fingerprint density at radius 2 is 1.66 bits per heavy atom. The van der Waals surface area contributed by atoms with Gasteiger partial charge in [-0.3, -0.25) is 9.59 Å². The number of aryl methyl sites for hydroxylation is 1. The van der Waals surface area contributed by atoms with E-state index in [9.17, 15) is 9.59 Å². The predicted octanol–water partition coefficient (Wildman–Crippen LogP) is 6.75. The first-order valence-electron chi connectivity index (χ1n) is 9.53. The van der Waals surface area contributed by atoms with E-state index < -0.39 is 17.9 Å². The Balaban J connectivity index is 1.70. The summed E-state index contributed by atoms with van der Waals surface area (Å²) in [6, 6.07) is 16.8. The minimum atomic E-state index is -0.519. The first kappa shape index (κ1) is 22.2. The predicted molar refractivity (Wildman–Crippen MR) is 128 cm³/mol. The Morgan fingerprint density at radius 1 is 0.969 bits per heavy atom. The van der Waals surface area contributed by atoms with Crippen molar-refractivity contribution in [2.24, 2.45) is 0 Å². The fourth-order valence-electron chi connectivity index (χ4n) is 3.09. The molecule has 0 fully saturated rings. The van der Waals surface area contributed by atoms with E-state index in [4.69, 9.17) is 44.0 Å². The molecule has 0 aliphatic carbocycles. The van der Waals surface area contributed by atoms with Crippen LogP contribution in [0.25, 0.3) is 22.3 Å². The third-order valence-corrected chi connectivity index (χ3v) is 5.47. The number of carbonyl (C=O) groups excluding carboxylic acids is 1. The summed E-state index contributed by atoms with van der Waals surface area (Å²) in [5.41, 5.74) is 1.95. The van der Waals surface area contributed by atoms with Crippen LogP contribution in [0.3, 0.4) is 0 Å². The van der Waals surface area contributed by atoms with E-state index in [1.54, 1.807) is 24.3 Å². The van der Waals surface area contributed by atoms with Gasteiger partial charge in [-0.1, -0.05) is 64.6 Å². The third kappa shape index (κ3) is 4.75. The van der Waals surface area contributed by atoms with Crippen molar-refractivity contribution in [3.05, 3.63) is 91.5 Å². The van der Waals surface area contributed by atoms with Crippen molar-refractivity contribution < 1.29 is 13.9 Å². The zero-order valence-electron chi connectivity index (χ0n) is 16.7. The number of hydrogen-bond acceptors (Lipinski definition) is 4. The van der Waals surface area contributed by atoms with E-state index in [0.29, 0.717) is 31.9 Å². The van der Waals surface area contributed by atoms with Crippen LogP contribution in [0, 0.1) is 6.92 Å². The fraction of sp³-hybridized carbons (Fsp3) is 0.0833. The summed E-state index contributed by atoms with van der Waals surface area (Å²) in [7, 11) is 0. The molecule has 0 bridgehead atoms. The van der Waals surface area contributed by atoms with E-state index in [1.807, 2.05) is 31.2 Å². The number of halogens is 3. The van der Waals surface area contributed by atoms with Crippen LogP contribution in [0.2, 0.25) is 15.1 Å². The Morgan fingerprint density at radius 3 is 2.41 bits per heavy atom. The van der Waals surface area contributed by atoms with Gasteiger partial charge in [-0.2, -0.15) is 0 Å². The number of amides is 1. The molecule has 4 aromatic rings. The lowest BCUT2D eigenvalue weighted by molar-refractivity contribution is -0.118. The van der Waals surface area contributed by atoms with Crippen molar-refractivity contribution in [3.8, 4) is 17.1 Å². The van der Waals surface area contributed by atoms with Crippen molar-refractivity contribution in [1.29, 1.82) is 0 Å². The number of fused-ring (bicyclic) bond motifs is 1. The lowest BCUT2D eigenvalue weighted by atomic mass is 10.1. The summed E-state index contributed by atoms with van der Waals surface area (Å²) in [5, 5.41) is 3.99. The number of benzene rings is 3. The second-order valence-electron chi connectivity index (χ2n) is 7.06. The number of ether oxygens (including phenoxy) is 1. The topological polar surface area (TPSA) is 68.5 Å². The van der Waals surface area contributed by atoms with Crippen LogP contribution >= 0.6 is 34.8 Å². The minimum absolute atomic E-state index is 0.0871. The Bertz CT molecular complexity index is 1380. The second kappa shape index (κ2) is 9.25. The summed E-state index contributed by atoms with van der Waals surface area (Å²) < 4.78 is 11.7. The van der Waals surface area contributed by atoms with Gasteiger partial charge in [0, 0.05) is 15.6 Å². The van der Waals surface area contributed by atoms with Gasteiger partial charge in [-0.05, 0) is 43.3 Å². The van der Waals surface area contributed by atoms with Gasteiger partial charge >= 0.3 is 0 Å². The van der Waals surface area contributed by atoms with Crippen molar-refractivity contribution in [3.63, 3.8) is 0 Å². The van der Waals surface area contributed by atoms with Crippen molar-refractivity contribution >= 4 is 57.4 Å². The molecule has 32 heavy (non-hydrogen) atoms. The van der Waals surface area contributed by atoms with E-state index >= 15 is 0 Å². The molecule has 5 nitrogen and oxygen atoms in total. The number of carbonyl (C=O) groups is 1. The van der Waals surface area contributed by atoms with E-state index in [0.717, 1.165) is 5.56 Å². The molecule has 0 saturated carbocycles. The molecule has 0 spiro atoms. The van der Waals surface area contributed by atoms with Crippen LogP contribution in [0.15, 0.2) is 69.9 Å². The number of hydrogen-bond donors (Lipinski definition) is 1. The lowest BCUT2D eigenvalue weighted by Gasteiger charge is -2.13. The van der Waals surface area contributed by atoms with Gasteiger partial charge in [-0.15, -0.1) is 0 Å². The highest BCUT2D eigenvalue weighted by Crippen LogP contribution is 2.32. The third-order valence-electron chi connectivity index (χ3n) is 4.67. The molecule has 0 atom stereocenters. The highest BCUT2D eigenvalue weighted by Gasteiger charge is 2.19. The average molecular weight is 489 g/mol. The fourth-order valence-corrected chi connectivity index (χ4v) is 3.60. The van der Waals surface area contributed by atoms with Crippen LogP contribution in [0.5, 0.6) is 5.75 Å². The highest BCUT2D eigenvalue weighted by molar-refractivity contribution is 6.35. The molecule has 0 unspecified atom stereocenters. The van der Waals surface area contributed by atoms with Crippen LogP contribution in [-0.4, -0.2) is 12.5 Å². The number of rotatable bonds is 5.